The van der Waals surface area contributed by atoms with Gasteiger partial charge in [0, 0.05) is 24.5 Å². The summed E-state index contributed by atoms with van der Waals surface area (Å²) in [6.45, 7) is 11.4. The zero-order valence-corrected chi connectivity index (χ0v) is 15.6. The normalized spacial score (nSPS) is 13.9. The Labute approximate surface area is 150 Å². The molecule has 0 rings (SSSR count). The maximum absolute atomic E-state index is 9.07. The van der Waals surface area contributed by atoms with Crippen LogP contribution in [0.3, 0.4) is 0 Å². The molecular weight excluding hydrogens is 336 g/mol. The number of hydrogen-bond acceptors (Lipinski definition) is 5. The first-order valence-corrected chi connectivity index (χ1v) is 7.52. The van der Waals surface area contributed by atoms with E-state index >= 15 is 0 Å². The van der Waals surface area contributed by atoms with Gasteiger partial charge < -0.3 is 20.8 Å². The Kier molecular flexibility index (Phi) is 16.5. The van der Waals surface area contributed by atoms with Crippen LogP contribution in [-0.2, 0) is 17.1 Å². The van der Waals surface area contributed by atoms with Crippen molar-refractivity contribution in [3.8, 4) is 0 Å². The third-order valence-electron chi connectivity index (χ3n) is 2.55. The second-order valence-electron chi connectivity index (χ2n) is 5.04. The molecule has 0 aromatic rings. The zero-order valence-electron chi connectivity index (χ0n) is 14.5. The Balaban J connectivity index is 0. The molecule has 0 amide bonds. The average Bonchev–Trinajstić information content (AvgIpc) is 2.39. The van der Waals surface area contributed by atoms with Gasteiger partial charge in [0.1, 0.15) is 0 Å². The monoisotopic (exact) mass is 365 g/mol. The molecule has 131 valence electrons. The van der Waals surface area contributed by atoms with E-state index in [0.717, 1.165) is 31.1 Å². The van der Waals surface area contributed by atoms with Crippen LogP contribution in [0.15, 0.2) is 33.7 Å². The fraction of sp³-hybridized carbons (Fsp3) is 0.625. The third kappa shape index (κ3) is 18.8. The van der Waals surface area contributed by atoms with E-state index in [2.05, 4.69) is 20.6 Å². The standard InChI is InChI=1S/C16H29N4O2.Fe/c1-13(11-15(3)21)19-9-7-17-5-6-18-8-10-20-14(2)12-16(4)22;/h11-12,17,21-22H,5-10H2,1-4H3;/q-1;+3. The molecule has 0 aliphatic rings. The van der Waals surface area contributed by atoms with Gasteiger partial charge in [-0.25, -0.2) is 0 Å². The molecule has 7 heteroatoms. The first-order valence-electron chi connectivity index (χ1n) is 7.52. The van der Waals surface area contributed by atoms with E-state index in [1.807, 2.05) is 13.8 Å². The maximum Gasteiger partial charge on any atom is 3.00 e. The number of hydrogen-bond donors (Lipinski definition) is 3. The molecule has 0 aromatic carbocycles. The average molecular weight is 365 g/mol. The number of aliphatic imine (C=N–C) groups is 2. The Hall–Kier alpha value is -1.14. The molecule has 0 unspecified atom stereocenters. The van der Waals surface area contributed by atoms with Gasteiger partial charge >= 0.3 is 17.1 Å². The van der Waals surface area contributed by atoms with Crippen molar-refractivity contribution in [2.45, 2.75) is 27.7 Å². The van der Waals surface area contributed by atoms with E-state index in [1.165, 1.54) is 0 Å². The van der Waals surface area contributed by atoms with Gasteiger partial charge in [-0.05, 0) is 46.4 Å². The molecular formula is C16H29FeN4O2+2. The molecule has 23 heavy (non-hydrogen) atoms. The topological polar surface area (TPSA) is 91.3 Å². The molecule has 6 nitrogen and oxygen atoms in total. The summed E-state index contributed by atoms with van der Waals surface area (Å²) in [6.07, 6.45) is 3.28. The minimum absolute atomic E-state index is 0. The Morgan fingerprint density at radius 3 is 1.91 bits per heavy atom. The van der Waals surface area contributed by atoms with E-state index < -0.39 is 0 Å². The molecule has 0 aliphatic carbocycles. The molecule has 0 atom stereocenters. The van der Waals surface area contributed by atoms with Crippen LogP contribution < -0.4 is 5.32 Å². The Bertz CT molecular complexity index is 384. The zero-order chi connectivity index (χ0) is 16.8. The van der Waals surface area contributed by atoms with Gasteiger partial charge in [-0.15, -0.1) is 13.1 Å². The van der Waals surface area contributed by atoms with Crippen LogP contribution in [0.5, 0.6) is 0 Å². The largest absolute Gasteiger partial charge is 3.00 e. The van der Waals surface area contributed by atoms with Gasteiger partial charge in [-0.3, -0.25) is 9.98 Å². The van der Waals surface area contributed by atoms with E-state index in [0.29, 0.717) is 19.6 Å². The van der Waals surface area contributed by atoms with Gasteiger partial charge in [-0.1, -0.05) is 0 Å². The van der Waals surface area contributed by atoms with Crippen LogP contribution in [-0.4, -0.2) is 60.9 Å². The van der Waals surface area contributed by atoms with Crippen LogP contribution in [0.4, 0.5) is 0 Å². The van der Waals surface area contributed by atoms with Gasteiger partial charge in [0.25, 0.3) is 0 Å². The van der Waals surface area contributed by atoms with Crippen LogP contribution in [0.25, 0.3) is 5.32 Å². The van der Waals surface area contributed by atoms with Gasteiger partial charge in [-0.2, -0.15) is 0 Å². The predicted molar refractivity (Wildman–Crippen MR) is 94.7 cm³/mol. The van der Waals surface area contributed by atoms with Crippen LogP contribution >= 0.6 is 0 Å². The molecule has 1 radical (unpaired) electrons. The van der Waals surface area contributed by atoms with E-state index in [-0.39, 0.29) is 28.6 Å². The minimum atomic E-state index is 0. The molecule has 3 N–H and O–H groups in total. The van der Waals surface area contributed by atoms with Crippen molar-refractivity contribution in [2.24, 2.45) is 9.98 Å². The van der Waals surface area contributed by atoms with Crippen molar-refractivity contribution < 1.29 is 27.3 Å². The van der Waals surface area contributed by atoms with Crippen LogP contribution in [0, 0.1) is 0 Å². The summed E-state index contributed by atoms with van der Waals surface area (Å²) in [7, 11) is 0. The van der Waals surface area contributed by atoms with Gasteiger partial charge in [0.05, 0.1) is 18.1 Å². The van der Waals surface area contributed by atoms with Crippen molar-refractivity contribution in [1.82, 2.24) is 5.32 Å². The number of aliphatic hydroxyl groups is 2. The number of nitrogens with zero attached hydrogens (tertiary/aromatic N) is 3. The smallest absolute Gasteiger partial charge is 0.660 e. The molecule has 0 spiro atoms. The van der Waals surface area contributed by atoms with E-state index in [4.69, 9.17) is 10.2 Å². The fourth-order valence-electron chi connectivity index (χ4n) is 1.70. The summed E-state index contributed by atoms with van der Waals surface area (Å²) in [4.78, 5) is 8.57. The molecule has 0 heterocycles. The number of nitrogens with one attached hydrogen (secondary N) is 1. The summed E-state index contributed by atoms with van der Waals surface area (Å²) in [5, 5.41) is 25.8. The summed E-state index contributed by atoms with van der Waals surface area (Å²) in [5.74, 6) is 0.542. The molecule has 0 saturated carbocycles. The molecule has 0 aliphatic heterocycles. The van der Waals surface area contributed by atoms with Crippen molar-refractivity contribution in [3.05, 3.63) is 29.0 Å². The summed E-state index contributed by atoms with van der Waals surface area (Å²) in [5.41, 5.74) is 1.64. The first kappa shape index (κ1) is 24.1. The maximum atomic E-state index is 9.07. The molecule has 0 aromatic heterocycles. The molecule has 0 bridgehead atoms. The second kappa shape index (κ2) is 15.7. The van der Waals surface area contributed by atoms with Crippen molar-refractivity contribution in [3.63, 3.8) is 0 Å². The SMILES string of the molecule is CC(O)=CC(C)=NCC[N-]CCNCCN=C(C)C=C(C)O.[Fe+3]. The van der Waals surface area contributed by atoms with Crippen LogP contribution in [0.1, 0.15) is 27.7 Å². The predicted octanol–water partition coefficient (Wildman–Crippen LogP) is 2.79. The Morgan fingerprint density at radius 2 is 1.39 bits per heavy atom. The summed E-state index contributed by atoms with van der Waals surface area (Å²) < 4.78 is 0. The van der Waals surface area contributed by atoms with Crippen molar-refractivity contribution in [2.75, 3.05) is 39.3 Å². The summed E-state index contributed by atoms with van der Waals surface area (Å²) >= 11 is 0. The van der Waals surface area contributed by atoms with Crippen LogP contribution in [0.2, 0.25) is 0 Å². The number of aliphatic hydroxyl groups excluding tert-OH is 2. The number of allylic oxidation sites excluding steroid dienone is 4. The van der Waals surface area contributed by atoms with E-state index in [1.54, 1.807) is 26.0 Å². The Morgan fingerprint density at radius 1 is 0.870 bits per heavy atom. The molecule has 0 saturated heterocycles. The number of rotatable bonds is 11. The minimum Gasteiger partial charge on any atom is -0.660 e. The van der Waals surface area contributed by atoms with Gasteiger partial charge in [0.2, 0.25) is 0 Å². The van der Waals surface area contributed by atoms with E-state index in [9.17, 15) is 0 Å². The van der Waals surface area contributed by atoms with Crippen molar-refractivity contribution in [1.29, 1.82) is 0 Å². The van der Waals surface area contributed by atoms with Crippen molar-refractivity contribution >= 4 is 11.4 Å². The molecule has 0 fully saturated rings. The first-order chi connectivity index (χ1) is 10.4. The quantitative estimate of drug-likeness (QED) is 0.228. The van der Waals surface area contributed by atoms with Gasteiger partial charge in [0.15, 0.2) is 0 Å². The third-order valence-corrected chi connectivity index (χ3v) is 2.55. The second-order valence-corrected chi connectivity index (χ2v) is 5.04. The fourth-order valence-corrected chi connectivity index (χ4v) is 1.70. The summed E-state index contributed by atoms with van der Waals surface area (Å²) in [6, 6.07) is 0.